The van der Waals surface area contributed by atoms with E-state index in [4.69, 9.17) is 16.4 Å². The van der Waals surface area contributed by atoms with Crippen molar-refractivity contribution in [1.29, 1.82) is 0 Å². The Balaban J connectivity index is 2.17. The van der Waals surface area contributed by atoms with Gasteiger partial charge in [0.15, 0.2) is 0 Å². The smallest absolute Gasteiger partial charge is 0.114 e. The Morgan fingerprint density at radius 3 is 3.20 bits per heavy atom. The highest BCUT2D eigenvalue weighted by Gasteiger charge is 1.99. The molecule has 0 atom stereocenters. The number of nitrogens with one attached hydrogen (secondary N) is 1. The standard InChI is InChI=1S/C5H8ClN2OP/c6-2-3-7-8-9-4-1-5-10-8/h1,4-5,7H,2-3H2. The van der Waals surface area contributed by atoms with Crippen LogP contribution in [0.25, 0.3) is 0 Å². The summed E-state index contributed by atoms with van der Waals surface area (Å²) in [5.41, 5.74) is 2.96. The van der Waals surface area contributed by atoms with Gasteiger partial charge in [-0.25, -0.2) is 5.43 Å². The lowest BCUT2D eigenvalue weighted by Gasteiger charge is -2.16. The predicted octanol–water partition coefficient (Wildman–Crippen LogP) is 1.15. The topological polar surface area (TPSA) is 24.5 Å². The zero-order valence-electron chi connectivity index (χ0n) is 5.33. The van der Waals surface area contributed by atoms with Crippen molar-refractivity contribution in [3.8, 4) is 0 Å². The predicted molar refractivity (Wildman–Crippen MR) is 43.8 cm³/mol. The molecule has 1 rings (SSSR count). The van der Waals surface area contributed by atoms with Crippen LogP contribution in [0.15, 0.2) is 12.3 Å². The van der Waals surface area contributed by atoms with E-state index in [2.05, 4.69) is 5.43 Å². The van der Waals surface area contributed by atoms with Gasteiger partial charge in [-0.15, -0.1) is 11.6 Å². The summed E-state index contributed by atoms with van der Waals surface area (Å²) in [6.45, 7) is 0.718. The molecule has 0 aliphatic carbocycles. The third-order valence-electron chi connectivity index (χ3n) is 0.838. The highest BCUT2D eigenvalue weighted by Crippen LogP contribution is 2.07. The molecule has 0 radical (unpaired) electrons. The molecule has 0 spiro atoms. The first-order valence-corrected chi connectivity index (χ1v) is 4.34. The second-order valence-electron chi connectivity index (χ2n) is 1.57. The van der Waals surface area contributed by atoms with Crippen LogP contribution in [0.2, 0.25) is 0 Å². The molecule has 0 amide bonds. The van der Waals surface area contributed by atoms with Crippen molar-refractivity contribution in [2.45, 2.75) is 0 Å². The van der Waals surface area contributed by atoms with Crippen molar-refractivity contribution in [3.63, 3.8) is 0 Å². The Morgan fingerprint density at radius 1 is 1.70 bits per heavy atom. The van der Waals surface area contributed by atoms with Crippen LogP contribution in [0.3, 0.4) is 0 Å². The molecule has 3 nitrogen and oxygen atoms in total. The van der Waals surface area contributed by atoms with E-state index in [0.29, 0.717) is 5.88 Å². The molecule has 0 bridgehead atoms. The van der Waals surface area contributed by atoms with Gasteiger partial charge in [-0.2, -0.15) is 0 Å². The maximum atomic E-state index is 5.44. The first-order valence-electron chi connectivity index (χ1n) is 2.89. The number of halogens is 1. The molecule has 1 aliphatic rings. The molecule has 5 heteroatoms. The van der Waals surface area contributed by atoms with Gasteiger partial charge in [0.05, 0.1) is 0 Å². The summed E-state index contributed by atoms with van der Waals surface area (Å²) in [6.07, 6.45) is 3.46. The van der Waals surface area contributed by atoms with Gasteiger partial charge in [-0.1, -0.05) is 0 Å². The normalized spacial score (nSPS) is 18.9. The number of alkyl halides is 1. The number of nitrogens with zero attached hydrogens (tertiary/aromatic N) is 1. The summed E-state index contributed by atoms with van der Waals surface area (Å²) in [6, 6.07) is 0. The Kier molecular flexibility index (Phi) is 3.76. The molecule has 0 fully saturated rings. The molecule has 56 valence electrons. The number of hydrazine groups is 1. The van der Waals surface area contributed by atoms with Crippen LogP contribution in [0.1, 0.15) is 0 Å². The molecule has 1 aliphatic heterocycles. The van der Waals surface area contributed by atoms with Gasteiger partial charge >= 0.3 is 0 Å². The Labute approximate surface area is 66.4 Å². The van der Waals surface area contributed by atoms with Crippen molar-refractivity contribution in [3.05, 3.63) is 12.3 Å². The third-order valence-corrected chi connectivity index (χ3v) is 1.78. The van der Waals surface area contributed by atoms with Gasteiger partial charge in [0.1, 0.15) is 6.26 Å². The third kappa shape index (κ3) is 2.67. The summed E-state index contributed by atoms with van der Waals surface area (Å²) < 4.78 is 0. The molecule has 0 aromatic carbocycles. The Morgan fingerprint density at radius 2 is 2.60 bits per heavy atom. The van der Waals surface area contributed by atoms with Crippen LogP contribution in [0, 0.1) is 0 Å². The van der Waals surface area contributed by atoms with E-state index in [1.165, 1.54) is 0 Å². The van der Waals surface area contributed by atoms with Crippen LogP contribution in [-0.2, 0) is 4.84 Å². The summed E-state index contributed by atoms with van der Waals surface area (Å²) in [5, 5.41) is 0. The van der Waals surface area contributed by atoms with Crippen molar-refractivity contribution < 1.29 is 4.84 Å². The van der Waals surface area contributed by atoms with Crippen LogP contribution in [0.5, 0.6) is 0 Å². The summed E-state index contributed by atoms with van der Waals surface area (Å²) >= 11 is 5.44. The number of allylic oxidation sites excluding steroid dienone is 1. The monoisotopic (exact) mass is 178 g/mol. The lowest BCUT2D eigenvalue weighted by atomic mass is 10.7. The summed E-state index contributed by atoms with van der Waals surface area (Å²) in [5.74, 6) is 2.55. The Hall–Kier alpha value is -0.0800. The molecule has 10 heavy (non-hydrogen) atoms. The largest absolute Gasteiger partial charge is 0.390 e. The van der Waals surface area contributed by atoms with Gasteiger partial charge in [-0.3, -0.25) is 0 Å². The van der Waals surface area contributed by atoms with Crippen molar-refractivity contribution in [1.82, 2.24) is 10.4 Å². The van der Waals surface area contributed by atoms with Crippen LogP contribution < -0.4 is 5.43 Å². The van der Waals surface area contributed by atoms with Gasteiger partial charge in [-0.05, 0) is 16.8 Å². The minimum atomic E-state index is 0.582. The fourth-order valence-corrected chi connectivity index (χ4v) is 1.11. The van der Waals surface area contributed by atoms with E-state index in [0.717, 1.165) is 14.9 Å². The highest BCUT2D eigenvalue weighted by molar-refractivity contribution is 7.36. The van der Waals surface area contributed by atoms with Crippen LogP contribution in [0.4, 0.5) is 0 Å². The van der Waals surface area contributed by atoms with E-state index < -0.39 is 0 Å². The molecule has 0 aromatic heterocycles. The average molecular weight is 179 g/mol. The number of hydrogen-bond acceptors (Lipinski definition) is 3. The van der Waals surface area contributed by atoms with E-state index in [1.807, 2.05) is 11.9 Å². The van der Waals surface area contributed by atoms with Gasteiger partial charge in [0, 0.05) is 20.8 Å². The number of rotatable bonds is 3. The second kappa shape index (κ2) is 4.69. The molecule has 1 heterocycles. The van der Waals surface area contributed by atoms with Crippen molar-refractivity contribution >= 4 is 25.8 Å². The van der Waals surface area contributed by atoms with Crippen molar-refractivity contribution in [2.24, 2.45) is 0 Å². The van der Waals surface area contributed by atoms with E-state index in [9.17, 15) is 0 Å². The summed E-state index contributed by atoms with van der Waals surface area (Å²) in [4.78, 5) is 6.62. The SMILES string of the molecule is ClCCNN1OC=CC=P1. The van der Waals surface area contributed by atoms with Gasteiger partial charge in [0.2, 0.25) is 0 Å². The maximum Gasteiger partial charge on any atom is 0.114 e. The zero-order valence-corrected chi connectivity index (χ0v) is 6.98. The molecule has 0 saturated heterocycles. The zero-order chi connectivity index (χ0) is 7.23. The second-order valence-corrected chi connectivity index (χ2v) is 2.84. The fourth-order valence-electron chi connectivity index (χ4n) is 0.470. The van der Waals surface area contributed by atoms with E-state index in [-0.39, 0.29) is 0 Å². The minimum absolute atomic E-state index is 0.582. The maximum absolute atomic E-state index is 5.44. The number of hydrogen-bond donors (Lipinski definition) is 1. The lowest BCUT2D eigenvalue weighted by Crippen LogP contribution is -2.31. The van der Waals surface area contributed by atoms with Gasteiger partial charge < -0.3 is 4.84 Å². The molecular weight excluding hydrogens is 170 g/mol. The van der Waals surface area contributed by atoms with Gasteiger partial charge in [0.25, 0.3) is 0 Å². The van der Waals surface area contributed by atoms with E-state index in [1.54, 1.807) is 11.2 Å². The quantitative estimate of drug-likeness (QED) is 0.519. The molecule has 0 unspecified atom stereocenters. The first kappa shape index (κ1) is 8.02. The van der Waals surface area contributed by atoms with Crippen LogP contribution in [-0.4, -0.2) is 23.2 Å². The molecular formula is C5H8ClN2OP. The first-order chi connectivity index (χ1) is 4.93. The molecule has 1 N–H and O–H groups in total. The molecule has 0 aromatic rings. The molecule has 0 saturated carbocycles. The highest BCUT2D eigenvalue weighted by atomic mass is 35.5. The van der Waals surface area contributed by atoms with Crippen LogP contribution >= 0.6 is 20.0 Å². The average Bonchev–Trinajstić information content (AvgIpc) is 2.03. The summed E-state index contributed by atoms with van der Waals surface area (Å²) in [7, 11) is 0.982. The fraction of sp³-hybridized carbons (Fsp3) is 0.400. The lowest BCUT2D eigenvalue weighted by molar-refractivity contribution is -0.0491. The minimum Gasteiger partial charge on any atom is -0.390 e. The van der Waals surface area contributed by atoms with Crippen molar-refractivity contribution in [2.75, 3.05) is 12.4 Å². The Bertz CT molecular complexity index is 151. The van der Waals surface area contributed by atoms with E-state index >= 15 is 0 Å².